The van der Waals surface area contributed by atoms with E-state index in [9.17, 15) is 13.2 Å². The number of anilines is 2. The van der Waals surface area contributed by atoms with Gasteiger partial charge in [0.2, 0.25) is 10.0 Å². The molecular formula is C23H21ClN2O5S. The van der Waals surface area contributed by atoms with E-state index in [4.69, 9.17) is 21.1 Å². The first-order valence-electron chi connectivity index (χ1n) is 9.87. The maximum absolute atomic E-state index is 12.9. The third-order valence-electron chi connectivity index (χ3n) is 4.85. The summed E-state index contributed by atoms with van der Waals surface area (Å²) < 4.78 is 37.3. The highest BCUT2D eigenvalue weighted by atomic mass is 35.5. The van der Waals surface area contributed by atoms with E-state index in [2.05, 4.69) is 5.32 Å². The van der Waals surface area contributed by atoms with Crippen molar-refractivity contribution in [3.8, 4) is 17.2 Å². The average Bonchev–Trinajstić information content (AvgIpc) is 2.95. The minimum Gasteiger partial charge on any atom is -0.478 e. The molecule has 166 valence electrons. The van der Waals surface area contributed by atoms with Crippen molar-refractivity contribution in [2.24, 2.45) is 0 Å². The number of fused-ring (bicyclic) bond motifs is 1. The molecule has 4 rings (SSSR count). The van der Waals surface area contributed by atoms with Crippen LogP contribution in [0.4, 0.5) is 11.4 Å². The van der Waals surface area contributed by atoms with E-state index in [1.165, 1.54) is 10.4 Å². The summed E-state index contributed by atoms with van der Waals surface area (Å²) in [6.45, 7) is 0.0914. The number of hydrogen-bond donors (Lipinski definition) is 1. The number of ether oxygens (including phenoxy) is 2. The largest absolute Gasteiger partial charge is 0.478 e. The van der Waals surface area contributed by atoms with Gasteiger partial charge in [-0.2, -0.15) is 0 Å². The second-order valence-electron chi connectivity index (χ2n) is 7.27. The Morgan fingerprint density at radius 1 is 1.06 bits per heavy atom. The predicted molar refractivity (Wildman–Crippen MR) is 124 cm³/mol. The number of nitrogens with zero attached hydrogens (tertiary/aromatic N) is 1. The predicted octanol–water partition coefficient (Wildman–Crippen LogP) is 4.69. The van der Waals surface area contributed by atoms with E-state index < -0.39 is 16.1 Å². The van der Waals surface area contributed by atoms with Gasteiger partial charge in [0, 0.05) is 23.7 Å². The second-order valence-corrected chi connectivity index (χ2v) is 9.61. The molecule has 3 aromatic carbocycles. The highest BCUT2D eigenvalue weighted by Gasteiger charge is 2.31. The Labute approximate surface area is 191 Å². The van der Waals surface area contributed by atoms with Gasteiger partial charge in [0.1, 0.15) is 17.2 Å². The number of amides is 1. The number of sulfonamides is 1. The zero-order valence-corrected chi connectivity index (χ0v) is 18.8. The second kappa shape index (κ2) is 9.10. The summed E-state index contributed by atoms with van der Waals surface area (Å²) in [7, 11) is -3.57. The van der Waals surface area contributed by atoms with Gasteiger partial charge in [-0.1, -0.05) is 29.8 Å². The van der Waals surface area contributed by atoms with Gasteiger partial charge in [-0.15, -0.1) is 0 Å². The molecule has 0 saturated heterocycles. The normalized spacial score (nSPS) is 15.8. The van der Waals surface area contributed by atoms with Gasteiger partial charge in [-0.05, 0) is 54.6 Å². The van der Waals surface area contributed by atoms with Crippen LogP contribution in [-0.4, -0.2) is 33.2 Å². The molecule has 1 aliphatic rings. The lowest BCUT2D eigenvalue weighted by molar-refractivity contribution is -0.122. The molecule has 0 radical (unpaired) electrons. The minimum atomic E-state index is -3.57. The first kappa shape index (κ1) is 22.0. The Morgan fingerprint density at radius 3 is 2.44 bits per heavy atom. The van der Waals surface area contributed by atoms with Crippen LogP contribution in [0.3, 0.4) is 0 Å². The highest BCUT2D eigenvalue weighted by Crippen LogP contribution is 2.36. The third kappa shape index (κ3) is 5.15. The van der Waals surface area contributed by atoms with Gasteiger partial charge in [-0.25, -0.2) is 8.42 Å². The molecule has 1 atom stereocenters. The van der Waals surface area contributed by atoms with Crippen LogP contribution in [0.2, 0.25) is 5.02 Å². The standard InChI is InChI=1S/C23H21ClN2O5S/c1-32(28,29)26-14-13-22(31-21-12-7-16(24)15-20(21)26)23(27)25-17-8-10-19(11-9-17)30-18-5-3-2-4-6-18/h2-12,15,22H,13-14H2,1H3,(H,25,27)/t22-/m0/s1. The minimum absolute atomic E-state index is 0.0914. The number of para-hydroxylation sites is 1. The number of benzene rings is 3. The summed E-state index contributed by atoms with van der Waals surface area (Å²) in [6, 6.07) is 21.0. The Bertz CT molecular complexity index is 1220. The number of carbonyl (C=O) groups is 1. The smallest absolute Gasteiger partial charge is 0.265 e. The van der Waals surface area contributed by atoms with Crippen molar-refractivity contribution in [3.63, 3.8) is 0 Å². The Morgan fingerprint density at radius 2 is 1.75 bits per heavy atom. The third-order valence-corrected chi connectivity index (χ3v) is 6.26. The molecule has 1 amide bonds. The Balaban J connectivity index is 1.47. The molecule has 0 bridgehead atoms. The van der Waals surface area contributed by atoms with E-state index in [0.717, 1.165) is 6.26 Å². The van der Waals surface area contributed by atoms with E-state index in [0.29, 0.717) is 27.9 Å². The van der Waals surface area contributed by atoms with Gasteiger partial charge < -0.3 is 14.8 Å². The number of hydrogen-bond acceptors (Lipinski definition) is 5. The van der Waals surface area contributed by atoms with Gasteiger partial charge in [0.25, 0.3) is 5.91 Å². The van der Waals surface area contributed by atoms with Crippen LogP contribution >= 0.6 is 11.6 Å². The lowest BCUT2D eigenvalue weighted by Gasteiger charge is -2.21. The maximum Gasteiger partial charge on any atom is 0.265 e. The van der Waals surface area contributed by atoms with Gasteiger partial charge >= 0.3 is 0 Å². The van der Waals surface area contributed by atoms with Crippen LogP contribution in [0, 0.1) is 0 Å². The number of carbonyl (C=O) groups excluding carboxylic acids is 1. The topological polar surface area (TPSA) is 84.9 Å². The van der Waals surface area contributed by atoms with Crippen LogP contribution < -0.4 is 19.1 Å². The Hall–Kier alpha value is -3.23. The lowest BCUT2D eigenvalue weighted by Crippen LogP contribution is -2.35. The van der Waals surface area contributed by atoms with Crippen molar-refractivity contribution >= 4 is 38.9 Å². The molecule has 0 unspecified atom stereocenters. The van der Waals surface area contributed by atoms with Crippen molar-refractivity contribution in [1.82, 2.24) is 0 Å². The summed E-state index contributed by atoms with van der Waals surface area (Å²) in [5.74, 6) is 1.25. The zero-order valence-electron chi connectivity index (χ0n) is 17.2. The fourth-order valence-electron chi connectivity index (χ4n) is 3.34. The molecule has 1 N–H and O–H groups in total. The van der Waals surface area contributed by atoms with Crippen molar-refractivity contribution < 1.29 is 22.7 Å². The van der Waals surface area contributed by atoms with E-state index in [-0.39, 0.29) is 24.6 Å². The zero-order chi connectivity index (χ0) is 22.7. The molecule has 0 spiro atoms. The van der Waals surface area contributed by atoms with Crippen molar-refractivity contribution in [2.45, 2.75) is 12.5 Å². The maximum atomic E-state index is 12.9. The van der Waals surface area contributed by atoms with Crippen molar-refractivity contribution in [3.05, 3.63) is 77.8 Å². The first-order chi connectivity index (χ1) is 15.3. The summed E-state index contributed by atoms with van der Waals surface area (Å²) in [5, 5.41) is 3.19. The van der Waals surface area contributed by atoms with Crippen molar-refractivity contribution in [1.29, 1.82) is 0 Å². The fourth-order valence-corrected chi connectivity index (χ4v) is 4.44. The van der Waals surface area contributed by atoms with Crippen LogP contribution in [0.1, 0.15) is 6.42 Å². The van der Waals surface area contributed by atoms with E-state index in [1.807, 2.05) is 30.3 Å². The summed E-state index contributed by atoms with van der Waals surface area (Å²) in [6.07, 6.45) is 0.416. The molecule has 0 fully saturated rings. The molecule has 3 aromatic rings. The average molecular weight is 473 g/mol. The quantitative estimate of drug-likeness (QED) is 0.582. The molecule has 1 heterocycles. The number of halogens is 1. The van der Waals surface area contributed by atoms with Crippen LogP contribution in [0.25, 0.3) is 0 Å². The number of nitrogens with one attached hydrogen (secondary N) is 1. The summed E-state index contributed by atoms with van der Waals surface area (Å²) in [4.78, 5) is 12.9. The van der Waals surface area contributed by atoms with Crippen LogP contribution in [-0.2, 0) is 14.8 Å². The monoisotopic (exact) mass is 472 g/mol. The molecule has 9 heteroatoms. The molecule has 1 aliphatic heterocycles. The molecule has 32 heavy (non-hydrogen) atoms. The van der Waals surface area contributed by atoms with Crippen LogP contribution in [0.15, 0.2) is 72.8 Å². The number of rotatable bonds is 5. The molecule has 0 saturated carbocycles. The molecule has 0 aromatic heterocycles. The molecule has 0 aliphatic carbocycles. The molecule has 7 nitrogen and oxygen atoms in total. The summed E-state index contributed by atoms with van der Waals surface area (Å²) >= 11 is 6.05. The van der Waals surface area contributed by atoms with E-state index in [1.54, 1.807) is 36.4 Å². The first-order valence-corrected chi connectivity index (χ1v) is 12.1. The van der Waals surface area contributed by atoms with Crippen molar-refractivity contribution in [2.75, 3.05) is 22.4 Å². The Kier molecular flexibility index (Phi) is 6.25. The fraction of sp³-hybridized carbons (Fsp3) is 0.174. The highest BCUT2D eigenvalue weighted by molar-refractivity contribution is 7.92. The summed E-state index contributed by atoms with van der Waals surface area (Å²) in [5.41, 5.74) is 0.886. The van der Waals surface area contributed by atoms with Gasteiger partial charge in [0.05, 0.1) is 11.9 Å². The van der Waals surface area contributed by atoms with Gasteiger partial charge in [0.15, 0.2) is 6.10 Å². The van der Waals surface area contributed by atoms with E-state index >= 15 is 0 Å². The lowest BCUT2D eigenvalue weighted by atomic mass is 10.2. The van der Waals surface area contributed by atoms with Crippen LogP contribution in [0.5, 0.6) is 17.2 Å². The SMILES string of the molecule is CS(=O)(=O)N1CC[C@@H](C(=O)Nc2ccc(Oc3ccccc3)cc2)Oc2ccc(Cl)cc21. The van der Waals surface area contributed by atoms with Gasteiger partial charge in [-0.3, -0.25) is 9.10 Å². The molecular weight excluding hydrogens is 452 g/mol.